The van der Waals surface area contributed by atoms with E-state index in [9.17, 15) is 0 Å². The van der Waals surface area contributed by atoms with Crippen molar-refractivity contribution in [1.29, 1.82) is 0 Å². The Morgan fingerprint density at radius 2 is 2.18 bits per heavy atom. The number of hydrogen-bond acceptors (Lipinski definition) is 3. The van der Waals surface area contributed by atoms with Gasteiger partial charge in [-0.2, -0.15) is 0 Å². The van der Waals surface area contributed by atoms with E-state index in [4.69, 9.17) is 15.2 Å². The zero-order chi connectivity index (χ0) is 12.1. The molecule has 0 unspecified atom stereocenters. The third-order valence-electron chi connectivity index (χ3n) is 3.52. The number of aliphatic imine (C=N–C) groups is 1. The van der Waals surface area contributed by atoms with Crippen molar-refractivity contribution in [2.45, 2.75) is 31.7 Å². The van der Waals surface area contributed by atoms with Crippen LogP contribution in [0.3, 0.4) is 0 Å². The third-order valence-corrected chi connectivity index (χ3v) is 3.52. The number of guanidine groups is 1. The molecule has 0 aromatic carbocycles. The highest BCUT2D eigenvalue weighted by atomic mass is 16.5. The van der Waals surface area contributed by atoms with Crippen LogP contribution < -0.4 is 11.1 Å². The van der Waals surface area contributed by atoms with Gasteiger partial charge in [0.2, 0.25) is 0 Å². The van der Waals surface area contributed by atoms with Gasteiger partial charge in [-0.25, -0.2) is 0 Å². The summed E-state index contributed by atoms with van der Waals surface area (Å²) in [5.41, 5.74) is 5.97. The highest BCUT2D eigenvalue weighted by Gasteiger charge is 2.32. The molecule has 2 fully saturated rings. The molecule has 0 aromatic heterocycles. The SMILES string of the molecule is COCC1(CN=C(N)NC2CC2)CCOCC1. The molecule has 1 heterocycles. The van der Waals surface area contributed by atoms with Gasteiger partial charge in [-0.15, -0.1) is 0 Å². The van der Waals surface area contributed by atoms with Crippen molar-refractivity contribution < 1.29 is 9.47 Å². The number of nitrogens with one attached hydrogen (secondary N) is 1. The van der Waals surface area contributed by atoms with E-state index in [1.807, 2.05) is 0 Å². The Morgan fingerprint density at radius 3 is 2.76 bits per heavy atom. The van der Waals surface area contributed by atoms with Gasteiger partial charge in [0.05, 0.1) is 13.2 Å². The summed E-state index contributed by atoms with van der Waals surface area (Å²) in [6.45, 7) is 3.07. The van der Waals surface area contributed by atoms with Gasteiger partial charge in [0.25, 0.3) is 0 Å². The summed E-state index contributed by atoms with van der Waals surface area (Å²) >= 11 is 0. The molecule has 1 saturated carbocycles. The quantitative estimate of drug-likeness (QED) is 0.543. The molecule has 98 valence electrons. The zero-order valence-electron chi connectivity index (χ0n) is 10.6. The summed E-state index contributed by atoms with van der Waals surface area (Å²) in [4.78, 5) is 4.47. The number of nitrogens with two attached hydrogens (primary N) is 1. The summed E-state index contributed by atoms with van der Waals surface area (Å²) in [6.07, 6.45) is 4.43. The zero-order valence-corrected chi connectivity index (χ0v) is 10.6. The first-order valence-corrected chi connectivity index (χ1v) is 6.37. The highest BCUT2D eigenvalue weighted by Crippen LogP contribution is 2.31. The molecule has 2 rings (SSSR count). The van der Waals surface area contributed by atoms with Crippen LogP contribution in [0.2, 0.25) is 0 Å². The second kappa shape index (κ2) is 5.69. The lowest BCUT2D eigenvalue weighted by Gasteiger charge is -2.35. The van der Waals surface area contributed by atoms with Crippen LogP contribution in [0.4, 0.5) is 0 Å². The average Bonchev–Trinajstić information content (AvgIpc) is 3.12. The van der Waals surface area contributed by atoms with Crippen LogP contribution in [0.1, 0.15) is 25.7 Å². The topological polar surface area (TPSA) is 68.9 Å². The molecule has 0 amide bonds. The van der Waals surface area contributed by atoms with Crippen LogP contribution in [0.25, 0.3) is 0 Å². The predicted octanol–water partition coefficient (Wildman–Crippen LogP) is 0.496. The molecule has 5 heteroatoms. The van der Waals surface area contributed by atoms with Crippen molar-refractivity contribution in [3.63, 3.8) is 0 Å². The minimum absolute atomic E-state index is 0.114. The predicted molar refractivity (Wildman–Crippen MR) is 67.0 cm³/mol. The van der Waals surface area contributed by atoms with Crippen LogP contribution in [-0.4, -0.2) is 45.5 Å². The maximum absolute atomic E-state index is 5.85. The first-order valence-electron chi connectivity index (χ1n) is 6.37. The molecule has 3 N–H and O–H groups in total. The summed E-state index contributed by atoms with van der Waals surface area (Å²) in [7, 11) is 1.74. The summed E-state index contributed by atoms with van der Waals surface area (Å²) in [6, 6.07) is 0.562. The van der Waals surface area contributed by atoms with Gasteiger partial charge in [-0.05, 0) is 25.7 Å². The second-order valence-corrected chi connectivity index (χ2v) is 5.17. The summed E-state index contributed by atoms with van der Waals surface area (Å²) in [5, 5.41) is 3.21. The van der Waals surface area contributed by atoms with Crippen LogP contribution >= 0.6 is 0 Å². The van der Waals surface area contributed by atoms with Gasteiger partial charge >= 0.3 is 0 Å². The minimum atomic E-state index is 0.114. The van der Waals surface area contributed by atoms with Crippen LogP contribution in [-0.2, 0) is 9.47 Å². The van der Waals surface area contributed by atoms with Crippen LogP contribution in [0.15, 0.2) is 4.99 Å². The Balaban J connectivity index is 1.86. The molecule has 0 aromatic rings. The number of methoxy groups -OCH3 is 1. The number of nitrogens with zero attached hydrogens (tertiary/aromatic N) is 1. The van der Waals surface area contributed by atoms with Crippen molar-refractivity contribution >= 4 is 5.96 Å². The maximum Gasteiger partial charge on any atom is 0.188 e. The van der Waals surface area contributed by atoms with Gasteiger partial charge in [-0.1, -0.05) is 0 Å². The fourth-order valence-corrected chi connectivity index (χ4v) is 2.19. The van der Waals surface area contributed by atoms with Gasteiger partial charge in [0, 0.05) is 31.8 Å². The van der Waals surface area contributed by atoms with Gasteiger partial charge in [0.1, 0.15) is 0 Å². The first kappa shape index (κ1) is 12.6. The Labute approximate surface area is 103 Å². The molecular weight excluding hydrogens is 218 g/mol. The molecular formula is C12H23N3O2. The largest absolute Gasteiger partial charge is 0.384 e. The molecule has 5 nitrogen and oxygen atoms in total. The average molecular weight is 241 g/mol. The molecule has 0 atom stereocenters. The van der Waals surface area contributed by atoms with Gasteiger partial charge in [0.15, 0.2) is 5.96 Å². The van der Waals surface area contributed by atoms with Crippen molar-refractivity contribution in [1.82, 2.24) is 5.32 Å². The Morgan fingerprint density at radius 1 is 1.47 bits per heavy atom. The van der Waals surface area contributed by atoms with Crippen molar-refractivity contribution in [3.05, 3.63) is 0 Å². The Hall–Kier alpha value is -0.810. The third kappa shape index (κ3) is 3.85. The lowest BCUT2D eigenvalue weighted by atomic mass is 9.81. The van der Waals surface area contributed by atoms with Crippen molar-refractivity contribution in [2.24, 2.45) is 16.1 Å². The first-order chi connectivity index (χ1) is 8.24. The van der Waals surface area contributed by atoms with E-state index < -0.39 is 0 Å². The van der Waals surface area contributed by atoms with Gasteiger partial charge in [-0.3, -0.25) is 4.99 Å². The lowest BCUT2D eigenvalue weighted by Crippen LogP contribution is -2.39. The fourth-order valence-electron chi connectivity index (χ4n) is 2.19. The highest BCUT2D eigenvalue weighted by molar-refractivity contribution is 5.78. The molecule has 1 saturated heterocycles. The number of rotatable bonds is 5. The molecule has 0 bridgehead atoms. The van der Waals surface area contributed by atoms with E-state index in [0.29, 0.717) is 12.0 Å². The van der Waals surface area contributed by atoms with Crippen molar-refractivity contribution in [2.75, 3.05) is 33.5 Å². The molecule has 17 heavy (non-hydrogen) atoms. The normalized spacial score (nSPS) is 24.6. The molecule has 0 spiro atoms. The lowest BCUT2D eigenvalue weighted by molar-refractivity contribution is -0.0223. The monoisotopic (exact) mass is 241 g/mol. The minimum Gasteiger partial charge on any atom is -0.384 e. The van der Waals surface area contributed by atoms with Crippen LogP contribution in [0.5, 0.6) is 0 Å². The standard InChI is InChI=1S/C12H23N3O2/c1-16-9-12(4-6-17-7-5-12)8-14-11(13)15-10-2-3-10/h10H,2-9H2,1H3,(H3,13,14,15). The maximum atomic E-state index is 5.85. The number of hydrogen-bond donors (Lipinski definition) is 2. The van der Waals surface area contributed by atoms with Gasteiger partial charge < -0.3 is 20.5 Å². The molecule has 1 aliphatic heterocycles. The Kier molecular flexibility index (Phi) is 4.23. The number of ether oxygens (including phenoxy) is 2. The molecule has 1 aliphatic carbocycles. The second-order valence-electron chi connectivity index (χ2n) is 5.17. The van der Waals surface area contributed by atoms with E-state index in [2.05, 4.69) is 10.3 Å². The Bertz CT molecular complexity index is 265. The van der Waals surface area contributed by atoms with E-state index in [1.165, 1.54) is 12.8 Å². The van der Waals surface area contributed by atoms with E-state index >= 15 is 0 Å². The van der Waals surface area contributed by atoms with E-state index in [0.717, 1.165) is 39.2 Å². The van der Waals surface area contributed by atoms with E-state index in [-0.39, 0.29) is 5.41 Å². The molecule has 2 aliphatic rings. The fraction of sp³-hybridized carbons (Fsp3) is 0.917. The summed E-state index contributed by atoms with van der Waals surface area (Å²) < 4.78 is 10.7. The molecule has 0 radical (unpaired) electrons. The van der Waals surface area contributed by atoms with Crippen molar-refractivity contribution in [3.8, 4) is 0 Å². The van der Waals surface area contributed by atoms with Crippen LogP contribution in [0, 0.1) is 5.41 Å². The van der Waals surface area contributed by atoms with E-state index in [1.54, 1.807) is 7.11 Å². The smallest absolute Gasteiger partial charge is 0.188 e. The summed E-state index contributed by atoms with van der Waals surface area (Å²) in [5.74, 6) is 0.578.